The van der Waals surface area contributed by atoms with E-state index in [1.165, 1.54) is 12.4 Å². The Morgan fingerprint density at radius 3 is 2.59 bits per heavy atom. The second kappa shape index (κ2) is 4.46. The van der Waals surface area contributed by atoms with Gasteiger partial charge in [0, 0.05) is 11.9 Å². The highest BCUT2D eigenvalue weighted by atomic mass is 32.2. The third-order valence-corrected chi connectivity index (χ3v) is 3.37. The molecule has 2 rings (SSSR count). The Kier molecular flexibility index (Phi) is 3.01. The first-order chi connectivity index (χ1) is 8.05. The van der Waals surface area contributed by atoms with Crippen LogP contribution in [0, 0.1) is 0 Å². The Balaban J connectivity index is 2.09. The molecule has 1 heterocycles. The predicted octanol–water partition coefficient (Wildman–Crippen LogP) is 0.934. The number of aromatic amines is 1. The van der Waals surface area contributed by atoms with E-state index in [0.29, 0.717) is 16.9 Å². The van der Waals surface area contributed by atoms with E-state index < -0.39 is 10.0 Å². The molecule has 7 heteroatoms. The minimum Gasteiger partial charge on any atom is -0.399 e. The molecule has 0 aliphatic rings. The van der Waals surface area contributed by atoms with Crippen LogP contribution in [0.5, 0.6) is 0 Å². The van der Waals surface area contributed by atoms with E-state index in [4.69, 9.17) is 5.73 Å². The number of sulfonamides is 1. The molecule has 17 heavy (non-hydrogen) atoms. The number of H-pyrrole nitrogens is 1. The second-order valence-electron chi connectivity index (χ2n) is 3.59. The zero-order chi connectivity index (χ0) is 12.3. The molecule has 1 aromatic heterocycles. The van der Waals surface area contributed by atoms with Gasteiger partial charge < -0.3 is 5.73 Å². The fourth-order valence-corrected chi connectivity index (χ4v) is 2.53. The van der Waals surface area contributed by atoms with Gasteiger partial charge in [0.1, 0.15) is 0 Å². The van der Waals surface area contributed by atoms with Crippen molar-refractivity contribution in [2.75, 3.05) is 10.5 Å². The molecule has 0 aliphatic carbocycles. The third-order valence-electron chi connectivity index (χ3n) is 2.11. The average molecular weight is 252 g/mol. The van der Waals surface area contributed by atoms with Gasteiger partial charge in [-0.25, -0.2) is 8.42 Å². The van der Waals surface area contributed by atoms with E-state index in [-0.39, 0.29) is 5.75 Å². The highest BCUT2D eigenvalue weighted by Gasteiger charge is 2.11. The summed E-state index contributed by atoms with van der Waals surface area (Å²) in [7, 11) is -3.42. The van der Waals surface area contributed by atoms with Gasteiger partial charge >= 0.3 is 0 Å². The number of benzene rings is 1. The molecular formula is C10H12N4O2S. The fourth-order valence-electron chi connectivity index (χ4n) is 1.36. The number of nitrogen functional groups attached to an aromatic ring is 1. The molecule has 0 amide bonds. The van der Waals surface area contributed by atoms with Crippen LogP contribution in [0.1, 0.15) is 5.56 Å². The van der Waals surface area contributed by atoms with E-state index in [2.05, 4.69) is 14.9 Å². The van der Waals surface area contributed by atoms with Gasteiger partial charge in [0.15, 0.2) is 0 Å². The third kappa shape index (κ3) is 3.22. The smallest absolute Gasteiger partial charge is 0.237 e. The van der Waals surface area contributed by atoms with Crippen LogP contribution in [0.3, 0.4) is 0 Å². The Labute approximate surface area is 98.9 Å². The van der Waals surface area contributed by atoms with E-state index in [1.54, 1.807) is 24.3 Å². The summed E-state index contributed by atoms with van der Waals surface area (Å²) < 4.78 is 25.9. The molecule has 4 N–H and O–H groups in total. The van der Waals surface area contributed by atoms with Crippen molar-refractivity contribution in [3.63, 3.8) is 0 Å². The highest BCUT2D eigenvalue weighted by molar-refractivity contribution is 7.91. The molecule has 0 unspecified atom stereocenters. The van der Waals surface area contributed by atoms with Gasteiger partial charge in [-0.15, -0.1) is 0 Å². The van der Waals surface area contributed by atoms with Crippen molar-refractivity contribution < 1.29 is 8.42 Å². The number of nitrogens with one attached hydrogen (secondary N) is 2. The summed E-state index contributed by atoms with van der Waals surface area (Å²) in [5, 5.41) is 6.19. The maximum Gasteiger partial charge on any atom is 0.237 e. The number of anilines is 2. The first-order valence-corrected chi connectivity index (χ1v) is 6.54. The number of nitrogens with zero attached hydrogens (tertiary/aromatic N) is 1. The van der Waals surface area contributed by atoms with Gasteiger partial charge in [-0.2, -0.15) is 5.10 Å². The lowest BCUT2D eigenvalue weighted by Gasteiger charge is -2.05. The fraction of sp³-hybridized carbons (Fsp3) is 0.100. The quantitative estimate of drug-likeness (QED) is 0.705. The first-order valence-electron chi connectivity index (χ1n) is 4.89. The van der Waals surface area contributed by atoms with Gasteiger partial charge in [-0.1, -0.05) is 12.1 Å². The van der Waals surface area contributed by atoms with Gasteiger partial charge in [-0.05, 0) is 17.7 Å². The summed E-state index contributed by atoms with van der Waals surface area (Å²) in [4.78, 5) is 0. The van der Waals surface area contributed by atoms with E-state index in [9.17, 15) is 8.42 Å². The number of hydrogen-bond acceptors (Lipinski definition) is 4. The number of hydrogen-bond donors (Lipinski definition) is 3. The summed E-state index contributed by atoms with van der Waals surface area (Å²) in [5.74, 6) is -0.0988. The molecule has 0 aliphatic heterocycles. The van der Waals surface area contributed by atoms with Crippen molar-refractivity contribution in [3.8, 4) is 0 Å². The monoisotopic (exact) mass is 252 g/mol. The molecular weight excluding hydrogens is 240 g/mol. The molecule has 0 fully saturated rings. The molecule has 1 aromatic carbocycles. The van der Waals surface area contributed by atoms with Crippen LogP contribution in [0.25, 0.3) is 0 Å². The zero-order valence-corrected chi connectivity index (χ0v) is 9.74. The average Bonchev–Trinajstić information content (AvgIpc) is 2.73. The van der Waals surface area contributed by atoms with E-state index >= 15 is 0 Å². The van der Waals surface area contributed by atoms with Crippen molar-refractivity contribution in [1.29, 1.82) is 0 Å². The van der Waals surface area contributed by atoms with Crippen LogP contribution in [0.4, 0.5) is 11.4 Å². The number of aromatic nitrogens is 2. The molecule has 6 nitrogen and oxygen atoms in total. The lowest BCUT2D eigenvalue weighted by molar-refractivity contribution is 0.600. The van der Waals surface area contributed by atoms with Crippen molar-refractivity contribution in [3.05, 3.63) is 42.2 Å². The standard InChI is InChI=1S/C10H12N4O2S/c11-9-3-1-8(2-4-9)7-17(15,16)14-10-5-12-13-6-10/h1-6,14H,7,11H2,(H,12,13). The topological polar surface area (TPSA) is 101 Å². The zero-order valence-electron chi connectivity index (χ0n) is 8.92. The minimum absolute atomic E-state index is 0.0988. The summed E-state index contributed by atoms with van der Waals surface area (Å²) in [6.45, 7) is 0. The summed E-state index contributed by atoms with van der Waals surface area (Å²) in [6.07, 6.45) is 2.88. The Morgan fingerprint density at radius 2 is 2.00 bits per heavy atom. The molecule has 0 radical (unpaired) electrons. The van der Waals surface area contributed by atoms with Gasteiger partial charge in [0.2, 0.25) is 10.0 Å². The Hall–Kier alpha value is -2.02. The van der Waals surface area contributed by atoms with Crippen LogP contribution in [-0.4, -0.2) is 18.6 Å². The molecule has 0 spiro atoms. The lowest BCUT2D eigenvalue weighted by Crippen LogP contribution is -2.14. The van der Waals surface area contributed by atoms with E-state index in [0.717, 1.165) is 0 Å². The largest absolute Gasteiger partial charge is 0.399 e. The van der Waals surface area contributed by atoms with Gasteiger partial charge in [0.05, 0.1) is 17.6 Å². The van der Waals surface area contributed by atoms with Crippen molar-refractivity contribution in [2.24, 2.45) is 0 Å². The molecule has 0 bridgehead atoms. The van der Waals surface area contributed by atoms with Crippen LogP contribution < -0.4 is 10.5 Å². The molecule has 90 valence electrons. The van der Waals surface area contributed by atoms with Crippen LogP contribution in [-0.2, 0) is 15.8 Å². The number of rotatable bonds is 4. The second-order valence-corrected chi connectivity index (χ2v) is 5.31. The summed E-state index contributed by atoms with van der Waals surface area (Å²) >= 11 is 0. The number of nitrogens with two attached hydrogens (primary N) is 1. The molecule has 0 saturated heterocycles. The Bertz CT molecular complexity index is 575. The molecule has 0 atom stereocenters. The lowest BCUT2D eigenvalue weighted by atomic mass is 10.2. The van der Waals surface area contributed by atoms with Crippen LogP contribution in [0.15, 0.2) is 36.7 Å². The first kappa shape index (κ1) is 11.5. The van der Waals surface area contributed by atoms with E-state index in [1.807, 2.05) is 0 Å². The van der Waals surface area contributed by atoms with Gasteiger partial charge in [-0.3, -0.25) is 9.82 Å². The van der Waals surface area contributed by atoms with Crippen LogP contribution in [0.2, 0.25) is 0 Å². The molecule has 2 aromatic rings. The molecule has 0 saturated carbocycles. The van der Waals surface area contributed by atoms with Crippen molar-refractivity contribution in [1.82, 2.24) is 10.2 Å². The summed E-state index contributed by atoms with van der Waals surface area (Å²) in [6, 6.07) is 6.71. The SMILES string of the molecule is Nc1ccc(CS(=O)(=O)Nc2cn[nH]c2)cc1. The highest BCUT2D eigenvalue weighted by Crippen LogP contribution is 2.12. The Morgan fingerprint density at radius 1 is 1.29 bits per heavy atom. The van der Waals surface area contributed by atoms with Crippen molar-refractivity contribution >= 4 is 21.4 Å². The maximum atomic E-state index is 11.8. The predicted molar refractivity (Wildman–Crippen MR) is 65.7 cm³/mol. The van der Waals surface area contributed by atoms with Crippen LogP contribution >= 0.6 is 0 Å². The summed E-state index contributed by atoms with van der Waals surface area (Å²) in [5.41, 5.74) is 7.22. The minimum atomic E-state index is -3.42. The maximum absolute atomic E-state index is 11.8. The van der Waals surface area contributed by atoms with Crippen molar-refractivity contribution in [2.45, 2.75) is 5.75 Å². The van der Waals surface area contributed by atoms with Gasteiger partial charge in [0.25, 0.3) is 0 Å². The normalized spacial score (nSPS) is 11.3.